The molecule has 0 saturated carbocycles. The summed E-state index contributed by atoms with van der Waals surface area (Å²) in [6.45, 7) is 6.16. The van der Waals surface area contributed by atoms with Crippen LogP contribution in [0.15, 0.2) is 41.0 Å². The van der Waals surface area contributed by atoms with Gasteiger partial charge in [-0.3, -0.25) is 0 Å². The number of nitrogens with one attached hydrogen (secondary N) is 1. The summed E-state index contributed by atoms with van der Waals surface area (Å²) < 4.78 is 5.29. The minimum atomic E-state index is 0.925. The Morgan fingerprint density at radius 2 is 2.06 bits per heavy atom. The lowest BCUT2D eigenvalue weighted by atomic mass is 10.1. The van der Waals surface area contributed by atoms with Gasteiger partial charge in [0.15, 0.2) is 0 Å². The topological polar surface area (TPSA) is 25.2 Å². The third kappa shape index (κ3) is 3.46. The maximum atomic E-state index is 5.29. The molecule has 17 heavy (non-hydrogen) atoms. The quantitative estimate of drug-likeness (QED) is 0.796. The summed E-state index contributed by atoms with van der Waals surface area (Å²) in [4.78, 5) is 0. The van der Waals surface area contributed by atoms with Crippen LogP contribution in [0.1, 0.15) is 22.5 Å². The van der Waals surface area contributed by atoms with Gasteiger partial charge in [-0.25, -0.2) is 0 Å². The van der Waals surface area contributed by atoms with E-state index in [2.05, 4.69) is 37.4 Å². The van der Waals surface area contributed by atoms with Crippen LogP contribution in [0.5, 0.6) is 0 Å². The molecule has 0 saturated heterocycles. The van der Waals surface area contributed by atoms with Crippen molar-refractivity contribution in [2.45, 2.75) is 26.8 Å². The van der Waals surface area contributed by atoms with E-state index in [0.29, 0.717) is 0 Å². The van der Waals surface area contributed by atoms with Gasteiger partial charge in [-0.2, -0.15) is 0 Å². The molecule has 1 aromatic carbocycles. The van der Waals surface area contributed by atoms with Crippen molar-refractivity contribution in [2.75, 3.05) is 6.54 Å². The highest BCUT2D eigenvalue weighted by molar-refractivity contribution is 5.30. The molecular weight excluding hydrogens is 210 g/mol. The summed E-state index contributed by atoms with van der Waals surface area (Å²) in [6.07, 6.45) is 2.66. The van der Waals surface area contributed by atoms with Gasteiger partial charge in [-0.15, -0.1) is 0 Å². The molecule has 2 heteroatoms. The van der Waals surface area contributed by atoms with E-state index in [1.807, 2.05) is 12.1 Å². The van der Waals surface area contributed by atoms with Crippen molar-refractivity contribution in [1.82, 2.24) is 5.32 Å². The smallest absolute Gasteiger partial charge is 0.105 e. The number of hydrogen-bond donors (Lipinski definition) is 1. The summed E-state index contributed by atoms with van der Waals surface area (Å²) >= 11 is 0. The molecule has 1 aromatic heterocycles. The highest BCUT2D eigenvalue weighted by Gasteiger charge is 1.99. The second-order valence-electron chi connectivity index (χ2n) is 4.44. The zero-order valence-corrected chi connectivity index (χ0v) is 10.5. The summed E-state index contributed by atoms with van der Waals surface area (Å²) in [5.41, 5.74) is 4.05. The van der Waals surface area contributed by atoms with Gasteiger partial charge in [0.2, 0.25) is 0 Å². The molecule has 0 unspecified atom stereocenters. The number of furan rings is 1. The second kappa shape index (κ2) is 5.69. The fourth-order valence-electron chi connectivity index (χ4n) is 1.88. The summed E-state index contributed by atoms with van der Waals surface area (Å²) in [5, 5.41) is 3.45. The second-order valence-corrected chi connectivity index (χ2v) is 4.44. The Balaban J connectivity index is 1.80. The highest BCUT2D eigenvalue weighted by atomic mass is 16.3. The van der Waals surface area contributed by atoms with E-state index in [1.54, 1.807) is 6.26 Å². The SMILES string of the molecule is Cc1ccc(C)c(CNCCc2ccco2)c1. The standard InChI is InChI=1S/C15H19NO/c1-12-5-6-13(2)14(10-12)11-16-8-7-15-4-3-9-17-15/h3-6,9-10,16H,7-8,11H2,1-2H3. The van der Waals surface area contributed by atoms with Crippen molar-refractivity contribution in [2.24, 2.45) is 0 Å². The van der Waals surface area contributed by atoms with E-state index in [4.69, 9.17) is 4.42 Å². The number of hydrogen-bond acceptors (Lipinski definition) is 2. The van der Waals surface area contributed by atoms with Crippen LogP contribution in [0.4, 0.5) is 0 Å². The molecule has 0 radical (unpaired) electrons. The van der Waals surface area contributed by atoms with Gasteiger partial charge in [-0.1, -0.05) is 23.8 Å². The maximum Gasteiger partial charge on any atom is 0.105 e. The molecule has 90 valence electrons. The molecule has 0 aliphatic carbocycles. The molecule has 0 aliphatic rings. The van der Waals surface area contributed by atoms with Crippen molar-refractivity contribution in [3.8, 4) is 0 Å². The first-order chi connectivity index (χ1) is 8.25. The molecule has 1 N–H and O–H groups in total. The molecule has 1 heterocycles. The van der Waals surface area contributed by atoms with Crippen LogP contribution in [0.3, 0.4) is 0 Å². The first kappa shape index (κ1) is 11.9. The van der Waals surface area contributed by atoms with Crippen molar-refractivity contribution < 1.29 is 4.42 Å². The highest BCUT2D eigenvalue weighted by Crippen LogP contribution is 2.10. The Bertz CT molecular complexity index is 460. The third-order valence-corrected chi connectivity index (χ3v) is 2.95. The van der Waals surface area contributed by atoms with Crippen LogP contribution < -0.4 is 5.32 Å². The van der Waals surface area contributed by atoms with Crippen LogP contribution in [-0.2, 0) is 13.0 Å². The average Bonchev–Trinajstić information content (AvgIpc) is 2.82. The monoisotopic (exact) mass is 229 g/mol. The minimum Gasteiger partial charge on any atom is -0.469 e. The van der Waals surface area contributed by atoms with Gasteiger partial charge in [0.1, 0.15) is 5.76 Å². The average molecular weight is 229 g/mol. The van der Waals surface area contributed by atoms with Crippen LogP contribution in [-0.4, -0.2) is 6.54 Å². The largest absolute Gasteiger partial charge is 0.469 e. The zero-order chi connectivity index (χ0) is 12.1. The summed E-state index contributed by atoms with van der Waals surface area (Å²) in [5.74, 6) is 1.04. The maximum absolute atomic E-state index is 5.29. The van der Waals surface area contributed by atoms with E-state index in [1.165, 1.54) is 16.7 Å². The Morgan fingerprint density at radius 1 is 1.18 bits per heavy atom. The molecule has 0 spiro atoms. The fraction of sp³-hybridized carbons (Fsp3) is 0.333. The molecule has 0 fully saturated rings. The number of rotatable bonds is 5. The van der Waals surface area contributed by atoms with Crippen molar-refractivity contribution in [1.29, 1.82) is 0 Å². The number of benzene rings is 1. The number of aryl methyl sites for hydroxylation is 2. The van der Waals surface area contributed by atoms with Gasteiger partial charge >= 0.3 is 0 Å². The molecule has 2 rings (SSSR count). The van der Waals surface area contributed by atoms with Crippen molar-refractivity contribution in [3.63, 3.8) is 0 Å². The normalized spacial score (nSPS) is 10.7. The molecule has 0 atom stereocenters. The Kier molecular flexibility index (Phi) is 3.99. The van der Waals surface area contributed by atoms with Gasteiger partial charge in [0.25, 0.3) is 0 Å². The third-order valence-electron chi connectivity index (χ3n) is 2.95. The predicted octanol–water partition coefficient (Wildman–Crippen LogP) is 3.23. The zero-order valence-electron chi connectivity index (χ0n) is 10.5. The van der Waals surface area contributed by atoms with Gasteiger partial charge in [0.05, 0.1) is 6.26 Å². The molecular formula is C15H19NO. The first-order valence-corrected chi connectivity index (χ1v) is 6.05. The van der Waals surface area contributed by atoms with E-state index in [0.717, 1.165) is 25.3 Å². The Morgan fingerprint density at radius 3 is 2.82 bits per heavy atom. The Hall–Kier alpha value is -1.54. The van der Waals surface area contributed by atoms with Crippen LogP contribution in [0.25, 0.3) is 0 Å². The van der Waals surface area contributed by atoms with E-state index >= 15 is 0 Å². The lowest BCUT2D eigenvalue weighted by Gasteiger charge is -2.08. The van der Waals surface area contributed by atoms with Crippen molar-refractivity contribution in [3.05, 3.63) is 59.0 Å². The lowest BCUT2D eigenvalue weighted by molar-refractivity contribution is 0.498. The summed E-state index contributed by atoms with van der Waals surface area (Å²) in [7, 11) is 0. The van der Waals surface area contributed by atoms with Gasteiger partial charge in [-0.05, 0) is 37.1 Å². The molecule has 2 aromatic rings. The van der Waals surface area contributed by atoms with Crippen LogP contribution in [0.2, 0.25) is 0 Å². The fourth-order valence-corrected chi connectivity index (χ4v) is 1.88. The molecule has 0 aliphatic heterocycles. The lowest BCUT2D eigenvalue weighted by Crippen LogP contribution is -2.17. The van der Waals surface area contributed by atoms with E-state index < -0.39 is 0 Å². The predicted molar refractivity (Wildman–Crippen MR) is 70.0 cm³/mol. The minimum absolute atomic E-state index is 0.925. The van der Waals surface area contributed by atoms with E-state index in [-0.39, 0.29) is 0 Å². The first-order valence-electron chi connectivity index (χ1n) is 6.05. The van der Waals surface area contributed by atoms with E-state index in [9.17, 15) is 0 Å². The van der Waals surface area contributed by atoms with Crippen LogP contribution >= 0.6 is 0 Å². The molecule has 0 bridgehead atoms. The molecule has 2 nitrogen and oxygen atoms in total. The van der Waals surface area contributed by atoms with Gasteiger partial charge < -0.3 is 9.73 Å². The molecule has 0 amide bonds. The Labute approximate surface area is 103 Å². The summed E-state index contributed by atoms with van der Waals surface area (Å²) in [6, 6.07) is 10.5. The van der Waals surface area contributed by atoms with Crippen molar-refractivity contribution >= 4 is 0 Å². The van der Waals surface area contributed by atoms with Crippen LogP contribution in [0, 0.1) is 13.8 Å². The van der Waals surface area contributed by atoms with Gasteiger partial charge in [0, 0.05) is 19.5 Å².